The number of aliphatic carboxylic acids is 1. The third kappa shape index (κ3) is 4.91. The van der Waals surface area contributed by atoms with Crippen LogP contribution in [0.2, 0.25) is 0 Å². The minimum absolute atomic E-state index is 0.278. The molecule has 5 nitrogen and oxygen atoms in total. The summed E-state index contributed by atoms with van der Waals surface area (Å²) in [5, 5.41) is 8.75. The molecule has 0 aliphatic heterocycles. The molecule has 1 atom stereocenters. The largest absolute Gasteiger partial charge is 0.480 e. The Labute approximate surface area is 122 Å². The fourth-order valence-corrected chi connectivity index (χ4v) is 1.76. The maximum atomic E-state index is 10.7. The van der Waals surface area contributed by atoms with Crippen LogP contribution in [0.4, 0.5) is 0 Å². The van der Waals surface area contributed by atoms with Gasteiger partial charge in [0.1, 0.15) is 12.6 Å². The van der Waals surface area contributed by atoms with Crippen molar-refractivity contribution in [2.75, 3.05) is 0 Å². The lowest BCUT2D eigenvalue weighted by Gasteiger charge is -2.08. The molecular formula is C16H17NO4. The zero-order valence-corrected chi connectivity index (χ0v) is 11.4. The van der Waals surface area contributed by atoms with Crippen molar-refractivity contribution in [1.82, 2.24) is 0 Å². The van der Waals surface area contributed by atoms with Gasteiger partial charge in [0.15, 0.2) is 5.75 Å². The average Bonchev–Trinajstić information content (AvgIpc) is 2.50. The van der Waals surface area contributed by atoms with E-state index in [2.05, 4.69) is 0 Å². The van der Waals surface area contributed by atoms with Crippen molar-refractivity contribution in [3.05, 3.63) is 65.7 Å². The molecule has 0 heterocycles. The van der Waals surface area contributed by atoms with Crippen LogP contribution < -0.4 is 10.6 Å². The van der Waals surface area contributed by atoms with Crippen LogP contribution in [0.1, 0.15) is 11.1 Å². The van der Waals surface area contributed by atoms with Gasteiger partial charge in [0, 0.05) is 0 Å². The number of rotatable bonds is 7. The van der Waals surface area contributed by atoms with E-state index in [0.717, 1.165) is 11.1 Å². The number of carboxylic acids is 1. The van der Waals surface area contributed by atoms with E-state index in [0.29, 0.717) is 12.4 Å². The molecule has 0 fully saturated rings. The maximum Gasteiger partial charge on any atom is 0.320 e. The highest BCUT2D eigenvalue weighted by Crippen LogP contribution is 2.14. The second kappa shape index (κ2) is 7.42. The molecule has 3 N–H and O–H groups in total. The van der Waals surface area contributed by atoms with Gasteiger partial charge in [-0.05, 0) is 29.7 Å². The normalized spacial score (nSPS) is 11.9. The van der Waals surface area contributed by atoms with Crippen molar-refractivity contribution >= 4 is 5.97 Å². The van der Waals surface area contributed by atoms with Crippen LogP contribution in [0.5, 0.6) is 5.75 Å². The van der Waals surface area contributed by atoms with Crippen LogP contribution in [0, 0.1) is 0 Å². The van der Waals surface area contributed by atoms with E-state index in [1.54, 1.807) is 24.3 Å². The Balaban J connectivity index is 1.81. The Morgan fingerprint density at radius 1 is 1.05 bits per heavy atom. The van der Waals surface area contributed by atoms with Gasteiger partial charge >= 0.3 is 5.97 Å². The fourth-order valence-electron chi connectivity index (χ4n) is 1.76. The predicted octanol–water partition coefficient (Wildman–Crippen LogP) is 2.15. The summed E-state index contributed by atoms with van der Waals surface area (Å²) < 4.78 is 0. The number of carboxylic acid groups (broad SMARTS) is 1. The van der Waals surface area contributed by atoms with Crippen LogP contribution in [-0.2, 0) is 22.7 Å². The SMILES string of the molecule is NC(Cc1ccc(OOCc2ccccc2)cc1)C(=O)O. The summed E-state index contributed by atoms with van der Waals surface area (Å²) in [5.41, 5.74) is 7.32. The van der Waals surface area contributed by atoms with Crippen molar-refractivity contribution in [3.8, 4) is 5.75 Å². The Morgan fingerprint density at radius 2 is 1.71 bits per heavy atom. The zero-order valence-electron chi connectivity index (χ0n) is 11.4. The lowest BCUT2D eigenvalue weighted by molar-refractivity contribution is -0.217. The van der Waals surface area contributed by atoms with Gasteiger partial charge < -0.3 is 15.7 Å². The zero-order chi connectivity index (χ0) is 15.1. The van der Waals surface area contributed by atoms with E-state index < -0.39 is 12.0 Å². The second-order valence-corrected chi connectivity index (χ2v) is 4.62. The summed E-state index contributed by atoms with van der Waals surface area (Å²) in [4.78, 5) is 21.0. The highest BCUT2D eigenvalue weighted by Gasteiger charge is 2.11. The van der Waals surface area contributed by atoms with Gasteiger partial charge in [0.25, 0.3) is 0 Å². The molecule has 0 aliphatic carbocycles. The Morgan fingerprint density at radius 3 is 2.33 bits per heavy atom. The molecule has 0 aliphatic rings. The average molecular weight is 287 g/mol. The van der Waals surface area contributed by atoms with E-state index in [1.807, 2.05) is 30.3 Å². The van der Waals surface area contributed by atoms with Gasteiger partial charge in [0.05, 0.1) is 0 Å². The van der Waals surface area contributed by atoms with Crippen molar-refractivity contribution in [3.63, 3.8) is 0 Å². The minimum atomic E-state index is -1.01. The van der Waals surface area contributed by atoms with Crippen LogP contribution in [0.25, 0.3) is 0 Å². The van der Waals surface area contributed by atoms with Crippen LogP contribution in [0.15, 0.2) is 54.6 Å². The smallest absolute Gasteiger partial charge is 0.320 e. The lowest BCUT2D eigenvalue weighted by Crippen LogP contribution is -2.32. The molecule has 110 valence electrons. The first-order chi connectivity index (χ1) is 10.1. The first-order valence-corrected chi connectivity index (χ1v) is 6.56. The molecular weight excluding hydrogens is 270 g/mol. The molecule has 5 heteroatoms. The molecule has 2 aromatic rings. The standard InChI is InChI=1S/C16H17NO4/c17-15(16(18)19)10-12-6-8-14(9-7-12)21-20-11-13-4-2-1-3-5-13/h1-9,15H,10-11,17H2,(H,18,19). The lowest BCUT2D eigenvalue weighted by atomic mass is 10.1. The summed E-state index contributed by atoms with van der Waals surface area (Å²) in [6.07, 6.45) is 0.278. The fraction of sp³-hybridized carbons (Fsp3) is 0.188. The predicted molar refractivity (Wildman–Crippen MR) is 77.6 cm³/mol. The van der Waals surface area contributed by atoms with Gasteiger partial charge in [-0.3, -0.25) is 4.79 Å². The molecule has 0 amide bonds. The van der Waals surface area contributed by atoms with E-state index in [1.165, 1.54) is 0 Å². The van der Waals surface area contributed by atoms with Crippen molar-refractivity contribution < 1.29 is 19.7 Å². The van der Waals surface area contributed by atoms with Crippen LogP contribution in [0.3, 0.4) is 0 Å². The third-order valence-corrected chi connectivity index (χ3v) is 2.92. The maximum absolute atomic E-state index is 10.7. The minimum Gasteiger partial charge on any atom is -0.480 e. The number of benzene rings is 2. The van der Waals surface area contributed by atoms with E-state index >= 15 is 0 Å². The second-order valence-electron chi connectivity index (χ2n) is 4.62. The summed E-state index contributed by atoms with van der Waals surface area (Å²) in [7, 11) is 0. The van der Waals surface area contributed by atoms with E-state index in [9.17, 15) is 4.79 Å². The van der Waals surface area contributed by atoms with Gasteiger partial charge in [0.2, 0.25) is 0 Å². The quantitative estimate of drug-likeness (QED) is 0.602. The van der Waals surface area contributed by atoms with E-state index in [-0.39, 0.29) is 6.42 Å². The summed E-state index contributed by atoms with van der Waals surface area (Å²) in [6, 6.07) is 15.8. The summed E-state index contributed by atoms with van der Waals surface area (Å²) in [5.74, 6) is -0.458. The molecule has 2 aromatic carbocycles. The Bertz CT molecular complexity index is 569. The number of nitrogens with two attached hydrogens (primary N) is 1. The molecule has 1 unspecified atom stereocenters. The number of carbonyl (C=O) groups is 1. The number of hydrogen-bond donors (Lipinski definition) is 2. The molecule has 0 radical (unpaired) electrons. The molecule has 0 spiro atoms. The first kappa shape index (κ1) is 15.0. The first-order valence-electron chi connectivity index (χ1n) is 6.56. The van der Waals surface area contributed by atoms with Crippen molar-refractivity contribution in [2.24, 2.45) is 5.73 Å². The van der Waals surface area contributed by atoms with Gasteiger partial charge in [-0.25, -0.2) is 0 Å². The van der Waals surface area contributed by atoms with Crippen LogP contribution >= 0.6 is 0 Å². The molecule has 21 heavy (non-hydrogen) atoms. The van der Waals surface area contributed by atoms with Crippen molar-refractivity contribution in [1.29, 1.82) is 0 Å². The van der Waals surface area contributed by atoms with Crippen molar-refractivity contribution in [2.45, 2.75) is 19.1 Å². The van der Waals surface area contributed by atoms with Crippen LogP contribution in [-0.4, -0.2) is 17.1 Å². The van der Waals surface area contributed by atoms with Gasteiger partial charge in [-0.1, -0.05) is 42.5 Å². The highest BCUT2D eigenvalue weighted by molar-refractivity contribution is 5.73. The summed E-state index contributed by atoms with van der Waals surface area (Å²) in [6.45, 7) is 0.354. The molecule has 0 saturated heterocycles. The molecule has 0 aromatic heterocycles. The molecule has 0 bridgehead atoms. The monoisotopic (exact) mass is 287 g/mol. The topological polar surface area (TPSA) is 81.8 Å². The Hall–Kier alpha value is -2.37. The highest BCUT2D eigenvalue weighted by atomic mass is 17.2. The Kier molecular flexibility index (Phi) is 5.31. The van der Waals surface area contributed by atoms with E-state index in [4.69, 9.17) is 20.6 Å². The van der Waals surface area contributed by atoms with Gasteiger partial charge in [-0.15, -0.1) is 0 Å². The molecule has 0 saturated carbocycles. The summed E-state index contributed by atoms with van der Waals surface area (Å²) >= 11 is 0. The third-order valence-electron chi connectivity index (χ3n) is 2.92. The van der Waals surface area contributed by atoms with Gasteiger partial charge in [-0.2, -0.15) is 4.89 Å². The number of hydrogen-bond acceptors (Lipinski definition) is 4. The molecule has 2 rings (SSSR count).